The molecular weight excluding hydrogens is 404 g/mol. The lowest BCUT2D eigenvalue weighted by Gasteiger charge is -2.33. The highest BCUT2D eigenvalue weighted by molar-refractivity contribution is 5.94. The van der Waals surface area contributed by atoms with Gasteiger partial charge in [0.2, 0.25) is 0 Å². The number of carbonyl (C=O) groups is 2. The number of carbonyl (C=O) groups excluding carboxylic acids is 2. The van der Waals surface area contributed by atoms with E-state index in [2.05, 4.69) is 36.0 Å². The number of nitrogens with one attached hydrogen (secondary N) is 1. The monoisotopic (exact) mass is 438 g/mol. The number of aromatic nitrogens is 1. The quantitative estimate of drug-likeness (QED) is 0.715. The second kappa shape index (κ2) is 11.1. The van der Waals surface area contributed by atoms with Gasteiger partial charge in [-0.3, -0.25) is 14.7 Å². The van der Waals surface area contributed by atoms with Gasteiger partial charge in [-0.1, -0.05) is 26.8 Å². The molecule has 0 spiro atoms. The topological polar surface area (TPSA) is 74.8 Å². The van der Waals surface area contributed by atoms with Gasteiger partial charge in [0.25, 0.3) is 5.91 Å². The fraction of sp³-hybridized carbons (Fsp3) is 0.480. The van der Waals surface area contributed by atoms with Crippen molar-refractivity contribution in [2.45, 2.75) is 33.6 Å². The number of piperazine rings is 1. The molecule has 0 bridgehead atoms. The third kappa shape index (κ3) is 7.64. The number of amides is 2. The molecule has 0 atom stereocenters. The summed E-state index contributed by atoms with van der Waals surface area (Å²) >= 11 is 0. The summed E-state index contributed by atoms with van der Waals surface area (Å²) < 4.78 is 5.51. The highest BCUT2D eigenvalue weighted by Gasteiger charge is 2.22. The molecule has 172 valence electrons. The third-order valence-electron chi connectivity index (χ3n) is 5.52. The normalized spacial score (nSPS) is 14.8. The summed E-state index contributed by atoms with van der Waals surface area (Å²) in [5.41, 5.74) is 1.82. The van der Waals surface area contributed by atoms with Crippen LogP contribution in [-0.2, 0) is 6.42 Å². The van der Waals surface area contributed by atoms with E-state index < -0.39 is 0 Å². The molecule has 0 saturated carbocycles. The standard InChI is InChI=1S/C25H34N4O3/c1-25(2,3)12-14-27-23(30)20-7-9-22(10-8-20)32-24(31)29-18-16-28(17-19-29)15-11-21-6-4-5-13-26-21/h4-10,13H,11-12,14-19H2,1-3H3,(H,27,30). The summed E-state index contributed by atoms with van der Waals surface area (Å²) in [6, 6.07) is 12.7. The van der Waals surface area contributed by atoms with Gasteiger partial charge in [0.1, 0.15) is 5.75 Å². The van der Waals surface area contributed by atoms with Crippen LogP contribution in [0.5, 0.6) is 5.75 Å². The van der Waals surface area contributed by atoms with Crippen molar-refractivity contribution in [3.8, 4) is 5.75 Å². The maximum Gasteiger partial charge on any atom is 0.415 e. The summed E-state index contributed by atoms with van der Waals surface area (Å²) in [5.74, 6) is 0.327. The Morgan fingerprint density at radius 1 is 1.03 bits per heavy atom. The molecule has 7 heteroatoms. The average Bonchev–Trinajstić information content (AvgIpc) is 2.78. The van der Waals surface area contributed by atoms with Crippen LogP contribution in [0.2, 0.25) is 0 Å². The maximum atomic E-state index is 12.5. The minimum atomic E-state index is -0.350. The van der Waals surface area contributed by atoms with Gasteiger partial charge < -0.3 is 15.0 Å². The van der Waals surface area contributed by atoms with Crippen LogP contribution in [0.3, 0.4) is 0 Å². The lowest BCUT2D eigenvalue weighted by atomic mass is 9.92. The van der Waals surface area contributed by atoms with Crippen LogP contribution < -0.4 is 10.1 Å². The van der Waals surface area contributed by atoms with E-state index in [1.165, 1.54) is 0 Å². The number of ether oxygens (including phenoxy) is 1. The van der Waals surface area contributed by atoms with Gasteiger partial charge in [0, 0.05) is 63.1 Å². The molecule has 1 N–H and O–H groups in total. The predicted octanol–water partition coefficient (Wildman–Crippen LogP) is 3.61. The second-order valence-electron chi connectivity index (χ2n) is 9.36. The van der Waals surface area contributed by atoms with E-state index in [1.54, 1.807) is 29.2 Å². The zero-order valence-electron chi connectivity index (χ0n) is 19.3. The SMILES string of the molecule is CC(C)(C)CCNC(=O)c1ccc(OC(=O)N2CCN(CCc3ccccn3)CC2)cc1. The number of rotatable bonds is 7. The zero-order valence-corrected chi connectivity index (χ0v) is 19.3. The Balaban J connectivity index is 1.39. The summed E-state index contributed by atoms with van der Waals surface area (Å²) in [5, 5.41) is 2.93. The van der Waals surface area contributed by atoms with Crippen molar-refractivity contribution in [1.82, 2.24) is 20.1 Å². The molecular formula is C25H34N4O3. The molecule has 1 aromatic heterocycles. The Labute approximate surface area is 190 Å². The number of benzene rings is 1. The molecule has 1 aliphatic rings. The number of pyridine rings is 1. The summed E-state index contributed by atoms with van der Waals surface area (Å²) in [6.07, 6.45) is 3.28. The summed E-state index contributed by atoms with van der Waals surface area (Å²) in [4.78, 5) is 33.2. The van der Waals surface area contributed by atoms with Crippen LogP contribution in [0.1, 0.15) is 43.2 Å². The second-order valence-corrected chi connectivity index (χ2v) is 9.36. The molecule has 0 aliphatic carbocycles. The number of nitrogens with zero attached hydrogens (tertiary/aromatic N) is 3. The van der Waals surface area contributed by atoms with E-state index in [0.29, 0.717) is 30.9 Å². The van der Waals surface area contributed by atoms with E-state index in [-0.39, 0.29) is 17.4 Å². The van der Waals surface area contributed by atoms with Crippen LogP contribution in [0.4, 0.5) is 4.79 Å². The molecule has 2 amide bonds. The van der Waals surface area contributed by atoms with Crippen molar-refractivity contribution in [2.24, 2.45) is 5.41 Å². The first kappa shape index (κ1) is 23.7. The van der Waals surface area contributed by atoms with Crippen molar-refractivity contribution >= 4 is 12.0 Å². The molecule has 7 nitrogen and oxygen atoms in total. The maximum absolute atomic E-state index is 12.5. The van der Waals surface area contributed by atoms with Gasteiger partial charge in [-0.15, -0.1) is 0 Å². The van der Waals surface area contributed by atoms with Crippen molar-refractivity contribution < 1.29 is 14.3 Å². The van der Waals surface area contributed by atoms with Crippen LogP contribution >= 0.6 is 0 Å². The van der Waals surface area contributed by atoms with Crippen molar-refractivity contribution in [1.29, 1.82) is 0 Å². The summed E-state index contributed by atoms with van der Waals surface area (Å²) in [6.45, 7) is 10.9. The highest BCUT2D eigenvalue weighted by atomic mass is 16.6. The molecule has 0 unspecified atom stereocenters. The van der Waals surface area contributed by atoms with Gasteiger partial charge in [0.05, 0.1) is 0 Å². The molecule has 3 rings (SSSR count). The zero-order chi connectivity index (χ0) is 23.0. The Morgan fingerprint density at radius 3 is 2.38 bits per heavy atom. The van der Waals surface area contributed by atoms with Gasteiger partial charge in [-0.25, -0.2) is 4.79 Å². The third-order valence-corrected chi connectivity index (χ3v) is 5.52. The predicted molar refractivity (Wildman–Crippen MR) is 125 cm³/mol. The van der Waals surface area contributed by atoms with E-state index >= 15 is 0 Å². The van der Waals surface area contributed by atoms with Gasteiger partial charge in [0.15, 0.2) is 0 Å². The van der Waals surface area contributed by atoms with Gasteiger partial charge >= 0.3 is 6.09 Å². The van der Waals surface area contributed by atoms with Crippen LogP contribution in [0.15, 0.2) is 48.7 Å². The number of hydrogen-bond acceptors (Lipinski definition) is 5. The van der Waals surface area contributed by atoms with Gasteiger partial charge in [-0.2, -0.15) is 0 Å². The smallest absolute Gasteiger partial charge is 0.410 e. The van der Waals surface area contributed by atoms with E-state index in [4.69, 9.17) is 4.74 Å². The van der Waals surface area contributed by atoms with E-state index in [9.17, 15) is 9.59 Å². The average molecular weight is 439 g/mol. The Morgan fingerprint density at radius 2 is 1.75 bits per heavy atom. The fourth-order valence-electron chi connectivity index (χ4n) is 3.47. The minimum Gasteiger partial charge on any atom is -0.410 e. The minimum absolute atomic E-state index is 0.117. The first-order valence-corrected chi connectivity index (χ1v) is 11.3. The molecule has 0 radical (unpaired) electrons. The molecule has 32 heavy (non-hydrogen) atoms. The largest absolute Gasteiger partial charge is 0.415 e. The lowest BCUT2D eigenvalue weighted by molar-refractivity contribution is 0.0949. The van der Waals surface area contributed by atoms with Gasteiger partial charge in [-0.05, 0) is 48.2 Å². The Hall–Kier alpha value is -2.93. The first-order chi connectivity index (χ1) is 15.3. The molecule has 1 aliphatic heterocycles. The number of hydrogen-bond donors (Lipinski definition) is 1. The van der Waals surface area contributed by atoms with Crippen molar-refractivity contribution in [2.75, 3.05) is 39.3 Å². The van der Waals surface area contributed by atoms with E-state index in [0.717, 1.165) is 38.2 Å². The molecule has 2 aromatic rings. The molecule has 1 aromatic carbocycles. The first-order valence-electron chi connectivity index (χ1n) is 11.3. The van der Waals surface area contributed by atoms with Crippen LogP contribution in [0, 0.1) is 5.41 Å². The highest BCUT2D eigenvalue weighted by Crippen LogP contribution is 2.18. The van der Waals surface area contributed by atoms with Crippen LogP contribution in [-0.4, -0.2) is 66.1 Å². The molecule has 1 saturated heterocycles. The Kier molecular flexibility index (Phi) is 8.22. The molecule has 2 heterocycles. The van der Waals surface area contributed by atoms with E-state index in [1.807, 2.05) is 24.4 Å². The Bertz CT molecular complexity index is 870. The van der Waals surface area contributed by atoms with Crippen LogP contribution in [0.25, 0.3) is 0 Å². The molecule has 1 fully saturated rings. The van der Waals surface area contributed by atoms with Crippen molar-refractivity contribution in [3.63, 3.8) is 0 Å². The fourth-order valence-corrected chi connectivity index (χ4v) is 3.47. The summed E-state index contributed by atoms with van der Waals surface area (Å²) in [7, 11) is 0. The lowest BCUT2D eigenvalue weighted by Crippen LogP contribution is -2.49. The van der Waals surface area contributed by atoms with Crippen molar-refractivity contribution in [3.05, 3.63) is 59.9 Å².